The molecule has 37 heavy (non-hydrogen) atoms. The zero-order valence-electron chi connectivity index (χ0n) is 18.9. The van der Waals surface area contributed by atoms with Gasteiger partial charge in [0.1, 0.15) is 17.3 Å². The summed E-state index contributed by atoms with van der Waals surface area (Å²) in [5.74, 6) is -2.99. The van der Waals surface area contributed by atoms with Gasteiger partial charge in [0.15, 0.2) is 0 Å². The molecule has 3 aromatic carbocycles. The van der Waals surface area contributed by atoms with Crippen molar-refractivity contribution in [1.29, 1.82) is 0 Å². The van der Waals surface area contributed by atoms with Crippen LogP contribution >= 0.6 is 0 Å². The Kier molecular flexibility index (Phi) is 6.58. The molecule has 12 heteroatoms. The second kappa shape index (κ2) is 9.64. The van der Waals surface area contributed by atoms with E-state index in [4.69, 9.17) is 4.74 Å². The normalized spacial score (nSPS) is 17.1. The second-order valence-electron chi connectivity index (χ2n) is 7.79. The Balaban J connectivity index is 1.89. The van der Waals surface area contributed by atoms with Crippen LogP contribution < -0.4 is 14.4 Å². The van der Waals surface area contributed by atoms with Crippen molar-refractivity contribution >= 4 is 28.8 Å². The van der Waals surface area contributed by atoms with Crippen LogP contribution in [0, 0.1) is 10.1 Å². The minimum absolute atomic E-state index is 0.0440. The minimum atomic E-state index is -4.93. The van der Waals surface area contributed by atoms with Gasteiger partial charge in [-0.15, -0.1) is 13.2 Å². The molecule has 1 atom stereocenters. The molecule has 4 rings (SSSR count). The fourth-order valence-electron chi connectivity index (χ4n) is 3.96. The zero-order valence-corrected chi connectivity index (χ0v) is 18.9. The maximum atomic E-state index is 13.2. The highest BCUT2D eigenvalue weighted by Crippen LogP contribution is 2.43. The predicted octanol–water partition coefficient (Wildman–Crippen LogP) is 5.13. The molecule has 1 fully saturated rings. The fourth-order valence-corrected chi connectivity index (χ4v) is 3.96. The van der Waals surface area contributed by atoms with Crippen molar-refractivity contribution in [1.82, 2.24) is 0 Å². The summed E-state index contributed by atoms with van der Waals surface area (Å²) in [6.45, 7) is 0. The lowest BCUT2D eigenvalue weighted by Crippen LogP contribution is -2.29. The number of ketones is 1. The van der Waals surface area contributed by atoms with Crippen LogP contribution in [0.25, 0.3) is 5.76 Å². The summed E-state index contributed by atoms with van der Waals surface area (Å²) < 4.78 is 46.8. The number of aliphatic hydroxyl groups excluding tert-OH is 1. The van der Waals surface area contributed by atoms with Crippen LogP contribution in [0.2, 0.25) is 0 Å². The standard InChI is InChI=1S/C25H17F3N2O7/c1-36-19-7-3-4-14(13-19)21-20(22(31)15-5-2-6-17(12-15)30(34)35)23(32)24(33)29(21)16-8-10-18(11-9-16)37-25(26,27)28/h2-13,21,31H,1H3/b22-20-. The summed E-state index contributed by atoms with van der Waals surface area (Å²) in [4.78, 5) is 37.9. The van der Waals surface area contributed by atoms with Gasteiger partial charge in [0.25, 0.3) is 17.4 Å². The van der Waals surface area contributed by atoms with Crippen LogP contribution in [0.4, 0.5) is 24.5 Å². The van der Waals surface area contributed by atoms with Crippen molar-refractivity contribution in [3.05, 3.63) is 99.6 Å². The SMILES string of the molecule is COc1cccc(C2/C(=C(/O)c3cccc([N+](=O)[O-])c3)C(=O)C(=O)N2c2ccc(OC(F)(F)F)cc2)c1. The van der Waals surface area contributed by atoms with E-state index in [-0.39, 0.29) is 22.5 Å². The molecule has 1 heterocycles. The molecule has 1 amide bonds. The van der Waals surface area contributed by atoms with Crippen LogP contribution in [0.3, 0.4) is 0 Å². The number of anilines is 1. The first kappa shape index (κ1) is 25.2. The molecule has 3 aromatic rings. The first-order valence-corrected chi connectivity index (χ1v) is 10.6. The van der Waals surface area contributed by atoms with Crippen molar-refractivity contribution in [2.24, 2.45) is 0 Å². The van der Waals surface area contributed by atoms with E-state index < -0.39 is 40.5 Å². The maximum absolute atomic E-state index is 13.2. The molecule has 1 N–H and O–H groups in total. The van der Waals surface area contributed by atoms with E-state index in [2.05, 4.69) is 4.74 Å². The first-order valence-electron chi connectivity index (χ1n) is 10.6. The van der Waals surface area contributed by atoms with Gasteiger partial charge < -0.3 is 14.6 Å². The molecular weight excluding hydrogens is 497 g/mol. The summed E-state index contributed by atoms with van der Waals surface area (Å²) in [7, 11) is 1.40. The first-order chi connectivity index (χ1) is 17.5. The van der Waals surface area contributed by atoms with Crippen molar-refractivity contribution in [3.8, 4) is 11.5 Å². The number of Topliss-reactive ketones (excluding diaryl/α,β-unsaturated/α-hetero) is 1. The summed E-state index contributed by atoms with van der Waals surface area (Å²) in [6.07, 6.45) is -4.93. The average Bonchev–Trinajstić information content (AvgIpc) is 3.13. The lowest BCUT2D eigenvalue weighted by Gasteiger charge is -2.26. The Labute approximate surface area is 207 Å². The minimum Gasteiger partial charge on any atom is -0.507 e. The summed E-state index contributed by atoms with van der Waals surface area (Å²) in [6, 6.07) is 14.2. The third-order valence-electron chi connectivity index (χ3n) is 5.53. The molecule has 1 aliphatic rings. The number of carbonyl (C=O) groups is 2. The largest absolute Gasteiger partial charge is 0.573 e. The van der Waals surface area contributed by atoms with Crippen molar-refractivity contribution in [2.45, 2.75) is 12.4 Å². The van der Waals surface area contributed by atoms with Crippen molar-refractivity contribution < 1.29 is 42.3 Å². The number of halogens is 3. The Bertz CT molecular complexity index is 1420. The van der Waals surface area contributed by atoms with Crippen LogP contribution in [-0.2, 0) is 9.59 Å². The summed E-state index contributed by atoms with van der Waals surface area (Å²) in [5.41, 5.74) is -0.413. The molecule has 0 saturated carbocycles. The number of aliphatic hydroxyl groups is 1. The number of carbonyl (C=O) groups excluding carboxylic acids is 2. The monoisotopic (exact) mass is 514 g/mol. The maximum Gasteiger partial charge on any atom is 0.573 e. The topological polar surface area (TPSA) is 119 Å². The number of nitrogens with zero attached hydrogens (tertiary/aromatic N) is 2. The van der Waals surface area contributed by atoms with E-state index in [0.29, 0.717) is 11.3 Å². The number of alkyl halides is 3. The number of benzene rings is 3. The highest BCUT2D eigenvalue weighted by atomic mass is 19.4. The Morgan fingerprint density at radius 2 is 1.68 bits per heavy atom. The zero-order chi connectivity index (χ0) is 26.9. The number of amides is 1. The highest BCUT2D eigenvalue weighted by molar-refractivity contribution is 6.51. The number of methoxy groups -OCH3 is 1. The van der Waals surface area contributed by atoms with Gasteiger partial charge in [0, 0.05) is 23.4 Å². The molecule has 1 aliphatic heterocycles. The van der Waals surface area contributed by atoms with E-state index in [1.165, 1.54) is 31.4 Å². The quantitative estimate of drug-likeness (QED) is 0.159. The number of nitro groups is 1. The van der Waals surface area contributed by atoms with E-state index in [9.17, 15) is 38.0 Å². The highest BCUT2D eigenvalue weighted by Gasteiger charge is 2.47. The third-order valence-corrected chi connectivity index (χ3v) is 5.53. The number of rotatable bonds is 6. The lowest BCUT2D eigenvalue weighted by molar-refractivity contribution is -0.384. The number of hydrogen-bond donors (Lipinski definition) is 1. The van der Waals surface area contributed by atoms with Crippen molar-refractivity contribution in [2.75, 3.05) is 12.0 Å². The van der Waals surface area contributed by atoms with E-state index >= 15 is 0 Å². The van der Waals surface area contributed by atoms with Crippen LogP contribution in [0.5, 0.6) is 11.5 Å². The number of ether oxygens (including phenoxy) is 2. The van der Waals surface area contributed by atoms with Gasteiger partial charge in [-0.2, -0.15) is 0 Å². The fraction of sp³-hybridized carbons (Fsp3) is 0.120. The van der Waals surface area contributed by atoms with Gasteiger partial charge in [-0.1, -0.05) is 24.3 Å². The summed E-state index contributed by atoms with van der Waals surface area (Å²) in [5, 5.41) is 22.3. The van der Waals surface area contributed by atoms with E-state index in [1.54, 1.807) is 18.2 Å². The number of nitro benzene ring substituents is 1. The summed E-state index contributed by atoms with van der Waals surface area (Å²) >= 11 is 0. The molecule has 0 aliphatic carbocycles. The molecule has 1 unspecified atom stereocenters. The van der Waals surface area contributed by atoms with Gasteiger partial charge in [-0.25, -0.2) is 0 Å². The lowest BCUT2D eigenvalue weighted by atomic mass is 9.95. The third kappa shape index (κ3) is 5.08. The molecule has 9 nitrogen and oxygen atoms in total. The molecule has 0 bridgehead atoms. The van der Waals surface area contributed by atoms with Gasteiger partial charge in [0.2, 0.25) is 0 Å². The Morgan fingerprint density at radius 1 is 1.00 bits per heavy atom. The second-order valence-corrected chi connectivity index (χ2v) is 7.79. The molecule has 0 radical (unpaired) electrons. The predicted molar refractivity (Wildman–Crippen MR) is 124 cm³/mol. The van der Waals surface area contributed by atoms with Crippen molar-refractivity contribution in [3.63, 3.8) is 0 Å². The smallest absolute Gasteiger partial charge is 0.507 e. The molecular formula is C25H17F3N2O7. The van der Waals surface area contributed by atoms with Gasteiger partial charge >= 0.3 is 6.36 Å². The van der Waals surface area contributed by atoms with Crippen LogP contribution in [-0.4, -0.2) is 35.2 Å². The van der Waals surface area contributed by atoms with Crippen LogP contribution in [0.1, 0.15) is 17.2 Å². The van der Waals surface area contributed by atoms with Crippen LogP contribution in [0.15, 0.2) is 78.4 Å². The molecule has 190 valence electrons. The van der Waals surface area contributed by atoms with Gasteiger partial charge in [-0.05, 0) is 42.0 Å². The Hall–Kier alpha value is -4.87. The number of non-ortho nitro benzene ring substituents is 1. The molecule has 0 spiro atoms. The molecule has 1 saturated heterocycles. The van der Waals surface area contributed by atoms with Gasteiger partial charge in [0.05, 0.1) is 23.6 Å². The molecule has 0 aromatic heterocycles. The van der Waals surface area contributed by atoms with E-state index in [0.717, 1.165) is 35.2 Å². The Morgan fingerprint density at radius 3 is 2.30 bits per heavy atom. The average molecular weight is 514 g/mol. The van der Waals surface area contributed by atoms with Gasteiger partial charge in [-0.3, -0.25) is 24.6 Å². The van der Waals surface area contributed by atoms with E-state index in [1.807, 2.05) is 0 Å². The number of hydrogen-bond acceptors (Lipinski definition) is 7.